The predicted molar refractivity (Wildman–Crippen MR) is 203 cm³/mol. The van der Waals surface area contributed by atoms with Gasteiger partial charge in [-0.1, -0.05) is 129 Å². The molecule has 232 valence electrons. The summed E-state index contributed by atoms with van der Waals surface area (Å²) in [5.41, 5.74) is 14.3. The number of aromatic nitrogens is 1. The molecule has 10 rings (SSSR count). The third kappa shape index (κ3) is 3.93. The fraction of sp³-hybridized carbons (Fsp3) is 0.0652. The van der Waals surface area contributed by atoms with Gasteiger partial charge in [-0.25, -0.2) is 0 Å². The first-order valence-electron chi connectivity index (χ1n) is 16.8. The molecule has 3 nitrogen and oxygen atoms in total. The van der Waals surface area contributed by atoms with Gasteiger partial charge in [0.25, 0.3) is 0 Å². The summed E-state index contributed by atoms with van der Waals surface area (Å²) in [6.07, 6.45) is 0. The lowest BCUT2D eigenvalue weighted by molar-refractivity contribution is 0.660. The van der Waals surface area contributed by atoms with Crippen LogP contribution in [0, 0.1) is 0 Å². The van der Waals surface area contributed by atoms with Crippen LogP contribution < -0.4 is 5.43 Å². The summed E-state index contributed by atoms with van der Waals surface area (Å²) in [5, 5.41) is 3.67. The minimum absolute atomic E-state index is 0.00617. The van der Waals surface area contributed by atoms with E-state index in [1.165, 1.54) is 55.2 Å². The Kier molecular flexibility index (Phi) is 5.78. The summed E-state index contributed by atoms with van der Waals surface area (Å²) in [6, 6.07) is 53.0. The molecule has 0 saturated heterocycles. The van der Waals surface area contributed by atoms with E-state index in [1.54, 1.807) is 0 Å². The van der Waals surface area contributed by atoms with Crippen molar-refractivity contribution in [2.24, 2.45) is 0 Å². The van der Waals surface area contributed by atoms with E-state index in [0.717, 1.165) is 16.8 Å². The zero-order valence-corrected chi connectivity index (χ0v) is 27.2. The van der Waals surface area contributed by atoms with E-state index < -0.39 is 0 Å². The van der Waals surface area contributed by atoms with E-state index in [1.807, 2.05) is 42.5 Å². The van der Waals surface area contributed by atoms with E-state index in [4.69, 9.17) is 4.42 Å². The number of fused-ring (bicyclic) bond motifs is 9. The van der Waals surface area contributed by atoms with Crippen LogP contribution in [0.25, 0.3) is 82.8 Å². The maximum absolute atomic E-state index is 13.3. The molecule has 2 heterocycles. The molecule has 0 N–H and O–H groups in total. The number of para-hydroxylation sites is 2. The molecule has 0 fully saturated rings. The molecule has 0 unspecified atom stereocenters. The van der Waals surface area contributed by atoms with Gasteiger partial charge >= 0.3 is 0 Å². The van der Waals surface area contributed by atoms with Crippen LogP contribution in [0.3, 0.4) is 0 Å². The summed E-state index contributed by atoms with van der Waals surface area (Å²) >= 11 is 0. The van der Waals surface area contributed by atoms with Crippen molar-refractivity contribution < 1.29 is 4.42 Å². The molecule has 1 aliphatic rings. The Morgan fingerprint density at radius 3 is 2.04 bits per heavy atom. The summed E-state index contributed by atoms with van der Waals surface area (Å²) in [4.78, 5) is 13.3. The second-order valence-electron chi connectivity index (χ2n) is 13.6. The molecule has 0 amide bonds. The van der Waals surface area contributed by atoms with E-state index in [2.05, 4.69) is 128 Å². The molecule has 0 aliphatic heterocycles. The lowest BCUT2D eigenvalue weighted by Crippen LogP contribution is -2.16. The van der Waals surface area contributed by atoms with Gasteiger partial charge in [-0.05, 0) is 75.3 Å². The molecular weight excluding hydrogens is 599 g/mol. The minimum Gasteiger partial charge on any atom is -0.456 e. The SMILES string of the molecule is CC1(C)c2ccccc2-c2ccc3c4cccc(-c5ccccc5)c4n(-c4cccc(-c5ccc6c(=O)c7ccccc7oc6c5)c4)c3c21. The monoisotopic (exact) mass is 629 g/mol. The number of nitrogens with zero attached hydrogens (tertiary/aromatic N) is 1. The highest BCUT2D eigenvalue weighted by Crippen LogP contribution is 2.53. The highest BCUT2D eigenvalue weighted by atomic mass is 16.3. The highest BCUT2D eigenvalue weighted by molar-refractivity contribution is 6.16. The normalized spacial score (nSPS) is 13.3. The summed E-state index contributed by atoms with van der Waals surface area (Å²) < 4.78 is 8.77. The molecule has 1 aliphatic carbocycles. The molecule has 0 atom stereocenters. The zero-order valence-electron chi connectivity index (χ0n) is 27.2. The van der Waals surface area contributed by atoms with Crippen molar-refractivity contribution in [2.75, 3.05) is 0 Å². The van der Waals surface area contributed by atoms with Gasteiger partial charge in [-0.3, -0.25) is 4.79 Å². The molecule has 0 radical (unpaired) electrons. The maximum atomic E-state index is 13.3. The second kappa shape index (κ2) is 10.2. The largest absolute Gasteiger partial charge is 0.456 e. The van der Waals surface area contributed by atoms with Crippen LogP contribution in [0.4, 0.5) is 0 Å². The second-order valence-corrected chi connectivity index (χ2v) is 13.6. The molecule has 0 bridgehead atoms. The maximum Gasteiger partial charge on any atom is 0.200 e. The van der Waals surface area contributed by atoms with Gasteiger partial charge in [0.05, 0.1) is 21.8 Å². The van der Waals surface area contributed by atoms with Gasteiger partial charge in [-0.2, -0.15) is 0 Å². The Morgan fingerprint density at radius 2 is 1.14 bits per heavy atom. The van der Waals surface area contributed by atoms with Gasteiger partial charge in [-0.15, -0.1) is 0 Å². The van der Waals surface area contributed by atoms with Crippen molar-refractivity contribution in [3.8, 4) is 39.1 Å². The Hall–Kier alpha value is -6.19. The smallest absolute Gasteiger partial charge is 0.200 e. The van der Waals surface area contributed by atoms with E-state index in [9.17, 15) is 4.79 Å². The molecule has 7 aromatic carbocycles. The first-order valence-corrected chi connectivity index (χ1v) is 16.8. The van der Waals surface area contributed by atoms with Crippen molar-refractivity contribution >= 4 is 43.7 Å². The van der Waals surface area contributed by atoms with Crippen LogP contribution >= 0.6 is 0 Å². The van der Waals surface area contributed by atoms with Gasteiger partial charge in [0.2, 0.25) is 5.43 Å². The van der Waals surface area contributed by atoms with Crippen molar-refractivity contribution in [1.29, 1.82) is 0 Å². The Balaban J connectivity index is 1.28. The summed E-state index contributed by atoms with van der Waals surface area (Å²) in [7, 11) is 0. The van der Waals surface area contributed by atoms with E-state index >= 15 is 0 Å². The molecular formula is C46H31NO2. The average Bonchev–Trinajstić information content (AvgIpc) is 3.61. The van der Waals surface area contributed by atoms with Crippen LogP contribution in [-0.4, -0.2) is 4.57 Å². The van der Waals surface area contributed by atoms with Gasteiger partial charge in [0.1, 0.15) is 11.2 Å². The van der Waals surface area contributed by atoms with Crippen LogP contribution in [0.2, 0.25) is 0 Å². The molecule has 49 heavy (non-hydrogen) atoms. The number of hydrogen-bond acceptors (Lipinski definition) is 2. The molecule has 9 aromatic rings. The molecule has 0 saturated carbocycles. The van der Waals surface area contributed by atoms with Crippen molar-refractivity contribution in [3.05, 3.63) is 173 Å². The fourth-order valence-corrected chi connectivity index (χ4v) is 8.32. The number of benzene rings is 7. The Labute approximate surface area is 283 Å². The quantitative estimate of drug-likeness (QED) is 0.182. The topological polar surface area (TPSA) is 35.1 Å². The third-order valence-electron chi connectivity index (χ3n) is 10.6. The van der Waals surface area contributed by atoms with E-state index in [-0.39, 0.29) is 10.8 Å². The highest BCUT2D eigenvalue weighted by Gasteiger charge is 2.38. The summed E-state index contributed by atoms with van der Waals surface area (Å²) in [5.74, 6) is 0. The van der Waals surface area contributed by atoms with E-state index in [0.29, 0.717) is 21.9 Å². The van der Waals surface area contributed by atoms with Crippen LogP contribution in [-0.2, 0) is 5.41 Å². The third-order valence-corrected chi connectivity index (χ3v) is 10.6. The van der Waals surface area contributed by atoms with Gasteiger partial charge in [0.15, 0.2) is 0 Å². The summed E-state index contributed by atoms with van der Waals surface area (Å²) in [6.45, 7) is 4.72. The molecule has 2 aromatic heterocycles. The van der Waals surface area contributed by atoms with Crippen molar-refractivity contribution in [3.63, 3.8) is 0 Å². The van der Waals surface area contributed by atoms with Gasteiger partial charge < -0.3 is 8.98 Å². The lowest BCUT2D eigenvalue weighted by atomic mass is 9.81. The fourth-order valence-electron chi connectivity index (χ4n) is 8.32. The molecule has 0 spiro atoms. The number of rotatable bonds is 3. The minimum atomic E-state index is -0.194. The van der Waals surface area contributed by atoms with Crippen molar-refractivity contribution in [2.45, 2.75) is 19.3 Å². The standard InChI is InChI=1S/C46H31NO2/c1-46(2)39-20-8-6-16-33(39)34-24-25-36-35-19-11-18-32(28-12-4-3-5-13-28)43(35)47(44(36)42(34)46)31-15-10-14-29(26-31)30-22-23-38-41(27-30)49-40-21-9-7-17-37(40)45(38)48/h3-27H,1-2H3. The average molecular weight is 630 g/mol. The zero-order chi connectivity index (χ0) is 32.9. The predicted octanol–water partition coefficient (Wildman–Crippen LogP) is 11.7. The first-order chi connectivity index (χ1) is 24.0. The van der Waals surface area contributed by atoms with Crippen LogP contribution in [0.15, 0.2) is 161 Å². The Morgan fingerprint density at radius 1 is 0.490 bits per heavy atom. The molecule has 3 heteroatoms. The van der Waals surface area contributed by atoms with Crippen LogP contribution in [0.1, 0.15) is 25.0 Å². The van der Waals surface area contributed by atoms with Crippen LogP contribution in [0.5, 0.6) is 0 Å². The first kappa shape index (κ1) is 27.9. The lowest BCUT2D eigenvalue weighted by Gasteiger charge is -2.24. The number of hydrogen-bond donors (Lipinski definition) is 0. The van der Waals surface area contributed by atoms with Crippen molar-refractivity contribution in [1.82, 2.24) is 4.57 Å². The van der Waals surface area contributed by atoms with Gasteiger partial charge in [0, 0.05) is 27.4 Å². The Bertz CT molecular complexity index is 2870.